The number of anilines is 5. The van der Waals surface area contributed by atoms with E-state index in [1.807, 2.05) is 36.4 Å². The molecular formula is C21H25N5O. The van der Waals surface area contributed by atoms with E-state index in [1.165, 1.54) is 24.7 Å². The number of aryl methyl sites for hydroxylation is 1. The van der Waals surface area contributed by atoms with Crippen LogP contribution in [0.1, 0.15) is 25.3 Å². The van der Waals surface area contributed by atoms with E-state index in [-0.39, 0.29) is 0 Å². The van der Waals surface area contributed by atoms with Crippen molar-refractivity contribution in [1.29, 1.82) is 0 Å². The number of aromatic nitrogens is 2. The zero-order valence-electron chi connectivity index (χ0n) is 15.7. The molecule has 0 spiro atoms. The maximum Gasteiger partial charge on any atom is 0.159 e. The molecule has 0 fully saturated rings. The molecule has 0 unspecified atom stereocenters. The molecule has 140 valence electrons. The predicted molar refractivity (Wildman–Crippen MR) is 111 cm³/mol. The van der Waals surface area contributed by atoms with Crippen molar-refractivity contribution in [2.24, 2.45) is 0 Å². The second kappa shape index (κ2) is 8.89. The first kappa shape index (κ1) is 18.5. The van der Waals surface area contributed by atoms with Crippen molar-refractivity contribution in [3.05, 3.63) is 60.4 Å². The molecule has 6 nitrogen and oxygen atoms in total. The highest BCUT2D eigenvalue weighted by atomic mass is 16.5. The number of nitrogen functional groups attached to an aromatic ring is 1. The van der Waals surface area contributed by atoms with Gasteiger partial charge >= 0.3 is 0 Å². The average Bonchev–Trinajstić information content (AvgIpc) is 2.71. The normalized spacial score (nSPS) is 10.4. The molecule has 0 aliphatic rings. The third-order valence-corrected chi connectivity index (χ3v) is 4.27. The van der Waals surface area contributed by atoms with E-state index >= 15 is 0 Å². The van der Waals surface area contributed by atoms with Crippen molar-refractivity contribution >= 4 is 28.7 Å². The van der Waals surface area contributed by atoms with Gasteiger partial charge in [-0.2, -0.15) is 0 Å². The van der Waals surface area contributed by atoms with Crippen molar-refractivity contribution in [2.45, 2.75) is 26.2 Å². The van der Waals surface area contributed by atoms with Crippen LogP contribution in [0.5, 0.6) is 5.75 Å². The number of nitrogens with two attached hydrogens (primary N) is 1. The van der Waals surface area contributed by atoms with Crippen LogP contribution >= 0.6 is 0 Å². The van der Waals surface area contributed by atoms with Gasteiger partial charge in [-0.3, -0.25) is 0 Å². The van der Waals surface area contributed by atoms with E-state index < -0.39 is 0 Å². The summed E-state index contributed by atoms with van der Waals surface area (Å²) in [6.45, 7) is 2.20. The molecule has 0 amide bonds. The predicted octanol–water partition coefficient (Wildman–Crippen LogP) is 4.90. The Balaban J connectivity index is 1.72. The summed E-state index contributed by atoms with van der Waals surface area (Å²) in [4.78, 5) is 8.52. The Bertz CT molecular complexity index is 863. The summed E-state index contributed by atoms with van der Waals surface area (Å²) in [6, 6.07) is 15.9. The van der Waals surface area contributed by atoms with Gasteiger partial charge in [0.15, 0.2) is 11.6 Å². The van der Waals surface area contributed by atoms with Crippen LogP contribution in [-0.4, -0.2) is 17.1 Å². The molecule has 27 heavy (non-hydrogen) atoms. The summed E-state index contributed by atoms with van der Waals surface area (Å²) in [5, 5.41) is 6.47. The van der Waals surface area contributed by atoms with Gasteiger partial charge in [0.1, 0.15) is 17.8 Å². The molecule has 0 saturated heterocycles. The first-order chi connectivity index (χ1) is 13.2. The molecule has 1 heterocycles. The summed E-state index contributed by atoms with van der Waals surface area (Å²) < 4.78 is 5.17. The van der Waals surface area contributed by atoms with Crippen LogP contribution in [0, 0.1) is 0 Å². The average molecular weight is 363 g/mol. The number of hydrogen-bond acceptors (Lipinski definition) is 6. The van der Waals surface area contributed by atoms with Gasteiger partial charge in [-0.05, 0) is 54.8 Å². The smallest absolute Gasteiger partial charge is 0.159 e. The van der Waals surface area contributed by atoms with Gasteiger partial charge in [-0.1, -0.05) is 25.5 Å². The van der Waals surface area contributed by atoms with Crippen molar-refractivity contribution in [1.82, 2.24) is 9.97 Å². The second-order valence-corrected chi connectivity index (χ2v) is 6.26. The Kier molecular flexibility index (Phi) is 6.10. The van der Waals surface area contributed by atoms with E-state index in [0.717, 1.165) is 23.5 Å². The van der Waals surface area contributed by atoms with Gasteiger partial charge in [0.2, 0.25) is 0 Å². The minimum absolute atomic E-state index is 0.461. The van der Waals surface area contributed by atoms with Crippen LogP contribution in [0.3, 0.4) is 0 Å². The molecule has 0 aliphatic heterocycles. The summed E-state index contributed by atoms with van der Waals surface area (Å²) >= 11 is 0. The number of rotatable bonds is 8. The quantitative estimate of drug-likeness (QED) is 0.528. The molecular weight excluding hydrogens is 338 g/mol. The van der Waals surface area contributed by atoms with Crippen LogP contribution in [-0.2, 0) is 6.42 Å². The zero-order chi connectivity index (χ0) is 19.1. The Morgan fingerprint density at radius 3 is 1.96 bits per heavy atom. The number of nitrogens with zero attached hydrogens (tertiary/aromatic N) is 2. The number of hydrogen-bond donors (Lipinski definition) is 3. The van der Waals surface area contributed by atoms with Crippen LogP contribution in [0.4, 0.5) is 28.7 Å². The van der Waals surface area contributed by atoms with Crippen molar-refractivity contribution in [3.63, 3.8) is 0 Å². The first-order valence-electron chi connectivity index (χ1n) is 9.07. The van der Waals surface area contributed by atoms with Crippen molar-refractivity contribution in [3.8, 4) is 5.75 Å². The first-order valence-corrected chi connectivity index (χ1v) is 9.07. The van der Waals surface area contributed by atoms with Crippen molar-refractivity contribution in [2.75, 3.05) is 23.5 Å². The molecule has 1 aromatic heterocycles. The third kappa shape index (κ3) is 4.88. The van der Waals surface area contributed by atoms with Gasteiger partial charge in [0, 0.05) is 11.4 Å². The highest BCUT2D eigenvalue weighted by molar-refractivity contribution is 5.80. The lowest BCUT2D eigenvalue weighted by Crippen LogP contribution is -2.05. The lowest BCUT2D eigenvalue weighted by Gasteiger charge is -2.13. The van der Waals surface area contributed by atoms with Gasteiger partial charge in [0.05, 0.1) is 7.11 Å². The number of ether oxygens (including phenoxy) is 1. The van der Waals surface area contributed by atoms with E-state index in [2.05, 4.69) is 39.7 Å². The summed E-state index contributed by atoms with van der Waals surface area (Å²) in [5.41, 5.74) is 9.86. The number of unbranched alkanes of at least 4 members (excludes halogenated alkanes) is 1. The molecule has 2 aromatic carbocycles. The Morgan fingerprint density at radius 1 is 0.889 bits per heavy atom. The second-order valence-electron chi connectivity index (χ2n) is 6.26. The third-order valence-electron chi connectivity index (χ3n) is 4.27. The largest absolute Gasteiger partial charge is 0.497 e. The Labute approximate surface area is 159 Å². The van der Waals surface area contributed by atoms with E-state index in [0.29, 0.717) is 17.3 Å². The highest BCUT2D eigenvalue weighted by Crippen LogP contribution is 2.28. The molecule has 6 heteroatoms. The lowest BCUT2D eigenvalue weighted by molar-refractivity contribution is 0.415. The maximum atomic E-state index is 6.26. The fraction of sp³-hybridized carbons (Fsp3) is 0.238. The molecule has 0 aliphatic carbocycles. The van der Waals surface area contributed by atoms with Crippen molar-refractivity contribution < 1.29 is 4.74 Å². The SMILES string of the molecule is CCCCc1ccc(Nc2ncnc(Nc3ccc(OC)cc3)c2N)cc1. The van der Waals surface area contributed by atoms with E-state index in [4.69, 9.17) is 10.5 Å². The highest BCUT2D eigenvalue weighted by Gasteiger charge is 2.09. The van der Waals surface area contributed by atoms with Crippen LogP contribution in [0.15, 0.2) is 54.9 Å². The summed E-state index contributed by atoms with van der Waals surface area (Å²) in [5.74, 6) is 1.92. The molecule has 0 radical (unpaired) electrons. The standard InChI is InChI=1S/C21H25N5O/c1-3-4-5-15-6-8-16(9-7-15)25-20-19(22)21(24-14-23-20)26-17-10-12-18(27-2)13-11-17/h6-14H,3-5,22H2,1-2H3,(H2,23,24,25,26). The molecule has 0 saturated carbocycles. The topological polar surface area (TPSA) is 85.1 Å². The van der Waals surface area contributed by atoms with Gasteiger partial charge in [0.25, 0.3) is 0 Å². The van der Waals surface area contributed by atoms with E-state index in [1.54, 1.807) is 7.11 Å². The van der Waals surface area contributed by atoms with Crippen LogP contribution in [0.25, 0.3) is 0 Å². The summed E-state index contributed by atoms with van der Waals surface area (Å²) in [6.07, 6.45) is 4.98. The molecule has 3 aromatic rings. The minimum Gasteiger partial charge on any atom is -0.497 e. The monoisotopic (exact) mass is 363 g/mol. The zero-order valence-corrected chi connectivity index (χ0v) is 15.7. The minimum atomic E-state index is 0.461. The number of methoxy groups -OCH3 is 1. The number of nitrogens with one attached hydrogen (secondary N) is 2. The molecule has 0 bridgehead atoms. The molecule has 0 atom stereocenters. The van der Waals surface area contributed by atoms with Gasteiger partial charge < -0.3 is 21.1 Å². The van der Waals surface area contributed by atoms with Crippen LogP contribution in [0.2, 0.25) is 0 Å². The molecule has 4 N–H and O–H groups in total. The molecule has 3 rings (SSSR count). The number of benzene rings is 2. The summed E-state index contributed by atoms with van der Waals surface area (Å²) in [7, 11) is 1.64. The van der Waals surface area contributed by atoms with E-state index in [9.17, 15) is 0 Å². The van der Waals surface area contributed by atoms with Gasteiger partial charge in [-0.25, -0.2) is 9.97 Å². The van der Waals surface area contributed by atoms with Gasteiger partial charge in [-0.15, -0.1) is 0 Å². The lowest BCUT2D eigenvalue weighted by atomic mass is 10.1. The Morgan fingerprint density at radius 2 is 1.44 bits per heavy atom. The fourth-order valence-corrected chi connectivity index (χ4v) is 2.68. The fourth-order valence-electron chi connectivity index (χ4n) is 2.68. The van der Waals surface area contributed by atoms with Crippen LogP contribution < -0.4 is 21.1 Å². The Hall–Kier alpha value is -3.28. The maximum absolute atomic E-state index is 6.26.